The summed E-state index contributed by atoms with van der Waals surface area (Å²) in [6.07, 6.45) is 0.798. The molecule has 0 aliphatic rings. The summed E-state index contributed by atoms with van der Waals surface area (Å²) in [5, 5.41) is 0. The highest BCUT2D eigenvalue weighted by molar-refractivity contribution is 5.74. The molecule has 0 radical (unpaired) electrons. The Bertz CT molecular complexity index is 755. The average Bonchev–Trinajstić information content (AvgIpc) is 3.10. The van der Waals surface area contributed by atoms with Gasteiger partial charge in [0.05, 0.1) is 152 Å². The molecule has 0 fully saturated rings. The number of ether oxygens (including phenoxy) is 13. The summed E-state index contributed by atoms with van der Waals surface area (Å²) in [6.45, 7) is 14.9. The zero-order valence-electron chi connectivity index (χ0n) is 28.3. The summed E-state index contributed by atoms with van der Waals surface area (Å²) in [6, 6.07) is 6.93. The molecule has 0 heterocycles. The lowest BCUT2D eigenvalue weighted by molar-refractivity contribution is -0.0284. The van der Waals surface area contributed by atoms with Gasteiger partial charge in [-0.05, 0) is 31.2 Å². The number of hydrogen-bond acceptors (Lipinski definition) is 14. The fourth-order valence-corrected chi connectivity index (χ4v) is 3.42. The first kappa shape index (κ1) is 43.2. The van der Waals surface area contributed by atoms with E-state index >= 15 is 0 Å². The number of carbonyl (C=O) groups is 1. The van der Waals surface area contributed by atoms with Crippen molar-refractivity contribution in [2.45, 2.75) is 6.92 Å². The van der Waals surface area contributed by atoms with E-state index in [0.717, 1.165) is 6.29 Å². The van der Waals surface area contributed by atoms with Crippen LogP contribution in [0.4, 0.5) is 0 Å². The second kappa shape index (κ2) is 37.0. The fraction of sp³-hybridized carbons (Fsp3) is 0.788. The summed E-state index contributed by atoms with van der Waals surface area (Å²) in [7, 11) is 0. The molecule has 0 amide bonds. The number of benzene rings is 1. The maximum atomic E-state index is 10.6. The van der Waals surface area contributed by atoms with E-state index in [1.54, 1.807) is 24.3 Å². The Morgan fingerprint density at radius 2 is 0.596 bits per heavy atom. The van der Waals surface area contributed by atoms with Crippen molar-refractivity contribution in [1.29, 1.82) is 0 Å². The molecule has 274 valence electrons. The number of hydrogen-bond donors (Lipinski definition) is 0. The molecule has 0 saturated carbocycles. The first-order chi connectivity index (χ1) is 23.4. The van der Waals surface area contributed by atoms with Crippen LogP contribution in [0, 0.1) is 0 Å². The third kappa shape index (κ3) is 32.5. The van der Waals surface area contributed by atoms with Crippen molar-refractivity contribution in [3.63, 3.8) is 0 Å². The van der Waals surface area contributed by atoms with Crippen LogP contribution in [0.2, 0.25) is 0 Å². The topological polar surface area (TPSA) is 137 Å². The highest BCUT2D eigenvalue weighted by atomic mass is 16.6. The van der Waals surface area contributed by atoms with E-state index in [-0.39, 0.29) is 0 Å². The van der Waals surface area contributed by atoms with Crippen LogP contribution in [0.1, 0.15) is 17.3 Å². The molecule has 1 aromatic rings. The smallest absolute Gasteiger partial charge is 0.150 e. The molecular formula is C33H58O14. The number of aldehydes is 1. The van der Waals surface area contributed by atoms with Crippen molar-refractivity contribution in [3.8, 4) is 5.75 Å². The Morgan fingerprint density at radius 1 is 0.362 bits per heavy atom. The maximum Gasteiger partial charge on any atom is 0.150 e. The van der Waals surface area contributed by atoms with Crippen LogP contribution < -0.4 is 4.74 Å². The second-order valence-electron chi connectivity index (χ2n) is 9.47. The lowest BCUT2D eigenvalue weighted by atomic mass is 10.2. The molecule has 1 aromatic carbocycles. The third-order valence-corrected chi connectivity index (χ3v) is 5.81. The minimum atomic E-state index is 0.430. The van der Waals surface area contributed by atoms with Gasteiger partial charge in [-0.25, -0.2) is 0 Å². The van der Waals surface area contributed by atoms with Crippen LogP contribution in [-0.4, -0.2) is 171 Å². The minimum Gasteiger partial charge on any atom is -0.491 e. The zero-order valence-corrected chi connectivity index (χ0v) is 28.3. The van der Waals surface area contributed by atoms with E-state index in [2.05, 4.69) is 0 Å². The molecule has 14 heteroatoms. The van der Waals surface area contributed by atoms with Gasteiger partial charge in [-0.15, -0.1) is 0 Å². The normalized spacial score (nSPS) is 11.3. The molecule has 0 N–H and O–H groups in total. The Hall–Kier alpha value is -1.79. The van der Waals surface area contributed by atoms with Crippen molar-refractivity contribution >= 4 is 6.29 Å². The average molecular weight is 679 g/mol. The predicted molar refractivity (Wildman–Crippen MR) is 173 cm³/mol. The molecule has 0 spiro atoms. The SMILES string of the molecule is CCOCCOCCOCCOCCOCCOCCOCCOCCOCCOCCOCCOCCOc1ccc(C=O)cc1. The van der Waals surface area contributed by atoms with Gasteiger partial charge >= 0.3 is 0 Å². The van der Waals surface area contributed by atoms with E-state index in [0.29, 0.717) is 176 Å². The van der Waals surface area contributed by atoms with Crippen LogP contribution in [0.3, 0.4) is 0 Å². The molecule has 0 aliphatic carbocycles. The zero-order chi connectivity index (χ0) is 33.6. The largest absolute Gasteiger partial charge is 0.491 e. The van der Waals surface area contributed by atoms with Crippen molar-refractivity contribution in [1.82, 2.24) is 0 Å². The summed E-state index contributed by atoms with van der Waals surface area (Å²) in [5.41, 5.74) is 0.618. The van der Waals surface area contributed by atoms with Crippen molar-refractivity contribution in [2.24, 2.45) is 0 Å². The fourth-order valence-electron chi connectivity index (χ4n) is 3.42. The first-order valence-electron chi connectivity index (χ1n) is 16.5. The number of carbonyl (C=O) groups excluding carboxylic acids is 1. The highest BCUT2D eigenvalue weighted by Gasteiger charge is 1.98. The lowest BCUT2D eigenvalue weighted by Crippen LogP contribution is -2.15. The quantitative estimate of drug-likeness (QED) is 0.0742. The van der Waals surface area contributed by atoms with E-state index in [4.69, 9.17) is 61.6 Å². The van der Waals surface area contributed by atoms with Crippen molar-refractivity contribution in [2.75, 3.05) is 165 Å². The summed E-state index contributed by atoms with van der Waals surface area (Å²) >= 11 is 0. The van der Waals surface area contributed by atoms with Gasteiger partial charge in [0, 0.05) is 12.2 Å². The van der Waals surface area contributed by atoms with Gasteiger partial charge in [0.25, 0.3) is 0 Å². The second-order valence-corrected chi connectivity index (χ2v) is 9.47. The van der Waals surface area contributed by atoms with Crippen LogP contribution in [0.15, 0.2) is 24.3 Å². The highest BCUT2D eigenvalue weighted by Crippen LogP contribution is 2.10. The third-order valence-electron chi connectivity index (χ3n) is 5.81. The monoisotopic (exact) mass is 678 g/mol. The van der Waals surface area contributed by atoms with E-state index in [1.807, 2.05) is 6.92 Å². The molecule has 0 unspecified atom stereocenters. The van der Waals surface area contributed by atoms with Crippen molar-refractivity contribution in [3.05, 3.63) is 29.8 Å². The Labute approximate surface area is 280 Å². The first-order valence-corrected chi connectivity index (χ1v) is 16.5. The summed E-state index contributed by atoms with van der Waals surface area (Å²) < 4.78 is 70.7. The van der Waals surface area contributed by atoms with E-state index < -0.39 is 0 Å². The molecule has 14 nitrogen and oxygen atoms in total. The van der Waals surface area contributed by atoms with Gasteiger partial charge in [0.1, 0.15) is 18.6 Å². The number of rotatable bonds is 39. The van der Waals surface area contributed by atoms with Crippen LogP contribution in [0.25, 0.3) is 0 Å². The van der Waals surface area contributed by atoms with Crippen LogP contribution in [0.5, 0.6) is 5.75 Å². The Kier molecular flexibility index (Phi) is 34.1. The molecule has 0 aromatic heterocycles. The van der Waals surface area contributed by atoms with E-state index in [1.165, 1.54) is 0 Å². The lowest BCUT2D eigenvalue weighted by Gasteiger charge is -2.09. The van der Waals surface area contributed by atoms with Crippen molar-refractivity contribution < 1.29 is 66.4 Å². The molecule has 47 heavy (non-hydrogen) atoms. The van der Waals surface area contributed by atoms with Gasteiger partial charge in [0.2, 0.25) is 0 Å². The predicted octanol–water partition coefficient (Wildman–Crippen LogP) is 2.10. The summed E-state index contributed by atoms with van der Waals surface area (Å²) in [4.78, 5) is 10.6. The van der Waals surface area contributed by atoms with Gasteiger partial charge in [0.15, 0.2) is 0 Å². The minimum absolute atomic E-state index is 0.430. The maximum absolute atomic E-state index is 10.6. The van der Waals surface area contributed by atoms with Crippen LogP contribution in [-0.2, 0) is 56.8 Å². The molecule has 1 rings (SSSR count). The molecule has 0 atom stereocenters. The molecule has 0 saturated heterocycles. The van der Waals surface area contributed by atoms with Gasteiger partial charge in [-0.2, -0.15) is 0 Å². The summed E-state index contributed by atoms with van der Waals surface area (Å²) in [5.74, 6) is 0.704. The van der Waals surface area contributed by atoms with Gasteiger partial charge in [-0.1, -0.05) is 0 Å². The van der Waals surface area contributed by atoms with Crippen LogP contribution >= 0.6 is 0 Å². The molecular weight excluding hydrogens is 620 g/mol. The Balaban J connectivity index is 1.63. The van der Waals surface area contributed by atoms with E-state index in [9.17, 15) is 4.79 Å². The Morgan fingerprint density at radius 3 is 0.830 bits per heavy atom. The van der Waals surface area contributed by atoms with Gasteiger partial charge in [-0.3, -0.25) is 4.79 Å². The molecule has 0 bridgehead atoms. The van der Waals surface area contributed by atoms with Gasteiger partial charge < -0.3 is 61.6 Å². The molecule has 0 aliphatic heterocycles. The standard InChI is InChI=1S/C33H58O14/c1-2-35-7-8-36-9-10-37-11-12-38-13-14-39-15-16-40-17-18-41-19-20-42-21-22-43-23-24-44-25-26-45-27-28-46-29-30-47-33-5-3-32(31-34)4-6-33/h3-6,31H,2,7-30H2,1H3.